The number of aryl methyl sites for hydroxylation is 3. The summed E-state index contributed by atoms with van der Waals surface area (Å²) >= 11 is 0. The molecule has 0 amide bonds. The van der Waals surface area contributed by atoms with E-state index < -0.39 is 0 Å². The molecule has 0 aliphatic rings. The van der Waals surface area contributed by atoms with Gasteiger partial charge in [-0.1, -0.05) is 12.1 Å². The summed E-state index contributed by atoms with van der Waals surface area (Å²) in [6.45, 7) is 9.17. The maximum Gasteiger partial charge on any atom is 0.0991 e. The van der Waals surface area contributed by atoms with Crippen molar-refractivity contribution in [3.8, 4) is 6.07 Å². The smallest absolute Gasteiger partial charge is 0.0991 e. The van der Waals surface area contributed by atoms with Crippen LogP contribution in [0.1, 0.15) is 46.6 Å². The van der Waals surface area contributed by atoms with Crippen LogP contribution in [-0.2, 0) is 6.54 Å². The van der Waals surface area contributed by atoms with Crippen LogP contribution < -0.4 is 5.32 Å². The molecule has 0 saturated carbocycles. The summed E-state index contributed by atoms with van der Waals surface area (Å²) in [5, 5.41) is 12.3. The van der Waals surface area contributed by atoms with E-state index in [0.29, 0.717) is 5.56 Å². The second kappa shape index (κ2) is 6.51. The molecule has 1 aromatic carbocycles. The minimum absolute atomic E-state index is 0.244. The fourth-order valence-corrected chi connectivity index (χ4v) is 2.76. The molecule has 1 heterocycles. The molecule has 0 aliphatic heterocycles. The zero-order chi connectivity index (χ0) is 15.4. The Balaban J connectivity index is 2.08. The number of rotatable bonds is 4. The van der Waals surface area contributed by atoms with Crippen LogP contribution in [0.4, 0.5) is 0 Å². The Bertz CT molecular complexity index is 643. The fraction of sp³-hybridized carbons (Fsp3) is 0.333. The average Bonchev–Trinajstić information content (AvgIpc) is 2.44. The summed E-state index contributed by atoms with van der Waals surface area (Å²) < 4.78 is 0. The molecule has 0 radical (unpaired) electrons. The summed E-state index contributed by atoms with van der Waals surface area (Å²) in [4.78, 5) is 4.56. The van der Waals surface area contributed by atoms with E-state index in [1.54, 1.807) is 0 Å². The van der Waals surface area contributed by atoms with Crippen LogP contribution in [0.15, 0.2) is 30.3 Å². The van der Waals surface area contributed by atoms with Crippen LogP contribution in [-0.4, -0.2) is 4.98 Å². The molecule has 2 aromatic rings. The average molecular weight is 279 g/mol. The number of aromatic nitrogens is 1. The molecular formula is C18H21N3. The second-order valence-electron chi connectivity index (χ2n) is 5.49. The molecule has 0 spiro atoms. The monoisotopic (exact) mass is 279 g/mol. The third-order valence-corrected chi connectivity index (χ3v) is 3.71. The van der Waals surface area contributed by atoms with Gasteiger partial charge in [0, 0.05) is 24.0 Å². The summed E-state index contributed by atoms with van der Waals surface area (Å²) in [5.74, 6) is 0. The van der Waals surface area contributed by atoms with E-state index in [1.807, 2.05) is 31.2 Å². The lowest BCUT2D eigenvalue weighted by molar-refractivity contribution is 0.567. The predicted molar refractivity (Wildman–Crippen MR) is 84.9 cm³/mol. The second-order valence-corrected chi connectivity index (χ2v) is 5.49. The maximum absolute atomic E-state index is 8.81. The maximum atomic E-state index is 8.81. The Morgan fingerprint density at radius 1 is 1.19 bits per heavy atom. The van der Waals surface area contributed by atoms with Crippen LogP contribution >= 0.6 is 0 Å². The van der Waals surface area contributed by atoms with Crippen molar-refractivity contribution in [2.24, 2.45) is 0 Å². The lowest BCUT2D eigenvalue weighted by atomic mass is 10.00. The number of pyridine rings is 1. The largest absolute Gasteiger partial charge is 0.306 e. The number of hydrogen-bond acceptors (Lipinski definition) is 3. The molecule has 108 valence electrons. The van der Waals surface area contributed by atoms with Gasteiger partial charge >= 0.3 is 0 Å². The normalized spacial score (nSPS) is 12.0. The first-order valence-corrected chi connectivity index (χ1v) is 7.18. The third-order valence-electron chi connectivity index (χ3n) is 3.71. The van der Waals surface area contributed by atoms with E-state index in [-0.39, 0.29) is 6.04 Å². The molecule has 2 rings (SSSR count). The molecule has 0 fully saturated rings. The molecule has 1 N–H and O–H groups in total. The molecule has 3 nitrogen and oxygen atoms in total. The quantitative estimate of drug-likeness (QED) is 0.927. The van der Waals surface area contributed by atoms with E-state index in [4.69, 9.17) is 5.26 Å². The van der Waals surface area contributed by atoms with Crippen molar-refractivity contribution in [1.82, 2.24) is 10.3 Å². The number of nitrogens with one attached hydrogen (secondary N) is 1. The first kappa shape index (κ1) is 15.2. The van der Waals surface area contributed by atoms with Crippen molar-refractivity contribution in [3.05, 3.63) is 64.0 Å². The van der Waals surface area contributed by atoms with Crippen LogP contribution in [0.5, 0.6) is 0 Å². The van der Waals surface area contributed by atoms with Gasteiger partial charge in [0.2, 0.25) is 0 Å². The van der Waals surface area contributed by atoms with Crippen molar-refractivity contribution in [3.63, 3.8) is 0 Å². The van der Waals surface area contributed by atoms with E-state index in [2.05, 4.69) is 43.2 Å². The van der Waals surface area contributed by atoms with E-state index in [9.17, 15) is 0 Å². The highest BCUT2D eigenvalue weighted by molar-refractivity contribution is 5.34. The topological polar surface area (TPSA) is 48.7 Å². The zero-order valence-corrected chi connectivity index (χ0v) is 13.1. The molecule has 1 aromatic heterocycles. The van der Waals surface area contributed by atoms with Crippen LogP contribution in [0.3, 0.4) is 0 Å². The SMILES string of the molecule is Cc1cc(C)c(C(C)NCc2ccc(C#N)cc2)c(C)n1. The van der Waals surface area contributed by atoms with Gasteiger partial charge < -0.3 is 5.32 Å². The Morgan fingerprint density at radius 3 is 2.43 bits per heavy atom. The molecule has 0 saturated heterocycles. The summed E-state index contributed by atoms with van der Waals surface area (Å²) in [6.07, 6.45) is 0. The molecule has 1 atom stereocenters. The standard InChI is InChI=1S/C18H21N3/c1-12-9-13(2)21-15(4)18(12)14(3)20-11-17-7-5-16(10-19)6-8-17/h5-9,14,20H,11H2,1-4H3. The van der Waals surface area contributed by atoms with Crippen molar-refractivity contribution in [2.75, 3.05) is 0 Å². The van der Waals surface area contributed by atoms with E-state index >= 15 is 0 Å². The molecule has 0 aliphatic carbocycles. The number of benzene rings is 1. The van der Waals surface area contributed by atoms with Crippen molar-refractivity contribution < 1.29 is 0 Å². The minimum Gasteiger partial charge on any atom is -0.306 e. The highest BCUT2D eigenvalue weighted by Crippen LogP contribution is 2.21. The van der Waals surface area contributed by atoms with Crippen LogP contribution in [0.25, 0.3) is 0 Å². The van der Waals surface area contributed by atoms with Crippen molar-refractivity contribution in [2.45, 2.75) is 40.3 Å². The van der Waals surface area contributed by atoms with Gasteiger partial charge in [0.15, 0.2) is 0 Å². The van der Waals surface area contributed by atoms with Gasteiger partial charge in [-0.2, -0.15) is 5.26 Å². The highest BCUT2D eigenvalue weighted by atomic mass is 14.9. The summed E-state index contributed by atoms with van der Waals surface area (Å²) in [5.41, 5.74) is 6.58. The summed E-state index contributed by atoms with van der Waals surface area (Å²) in [6, 6.07) is 12.2. The van der Waals surface area contributed by atoms with Crippen molar-refractivity contribution >= 4 is 0 Å². The minimum atomic E-state index is 0.244. The zero-order valence-electron chi connectivity index (χ0n) is 13.1. The Kier molecular flexibility index (Phi) is 4.72. The number of nitrogens with zero attached hydrogens (tertiary/aromatic N) is 2. The van der Waals surface area contributed by atoms with Gasteiger partial charge in [-0.25, -0.2) is 0 Å². The first-order valence-electron chi connectivity index (χ1n) is 7.18. The van der Waals surface area contributed by atoms with Gasteiger partial charge in [-0.3, -0.25) is 4.98 Å². The molecule has 21 heavy (non-hydrogen) atoms. The number of nitriles is 1. The van der Waals surface area contributed by atoms with Gasteiger partial charge in [-0.05, 0) is 62.6 Å². The molecule has 3 heteroatoms. The van der Waals surface area contributed by atoms with Crippen molar-refractivity contribution in [1.29, 1.82) is 5.26 Å². The van der Waals surface area contributed by atoms with Crippen LogP contribution in [0.2, 0.25) is 0 Å². The Labute approximate surface area is 126 Å². The lowest BCUT2D eigenvalue weighted by Gasteiger charge is -2.19. The highest BCUT2D eigenvalue weighted by Gasteiger charge is 2.12. The van der Waals surface area contributed by atoms with Gasteiger partial charge in [-0.15, -0.1) is 0 Å². The fourth-order valence-electron chi connectivity index (χ4n) is 2.76. The first-order chi connectivity index (χ1) is 10.0. The van der Waals surface area contributed by atoms with Crippen LogP contribution in [0, 0.1) is 32.1 Å². The Hall–Kier alpha value is -2.18. The third kappa shape index (κ3) is 3.68. The van der Waals surface area contributed by atoms with Gasteiger partial charge in [0.05, 0.1) is 11.6 Å². The predicted octanol–water partition coefficient (Wildman–Crippen LogP) is 3.73. The van der Waals surface area contributed by atoms with Gasteiger partial charge in [0.1, 0.15) is 0 Å². The van der Waals surface area contributed by atoms with E-state index in [1.165, 1.54) is 16.7 Å². The van der Waals surface area contributed by atoms with Gasteiger partial charge in [0.25, 0.3) is 0 Å². The summed E-state index contributed by atoms with van der Waals surface area (Å²) in [7, 11) is 0. The molecule has 1 unspecified atom stereocenters. The van der Waals surface area contributed by atoms with E-state index in [0.717, 1.165) is 17.9 Å². The molecular weight excluding hydrogens is 258 g/mol. The molecule has 0 bridgehead atoms. The Morgan fingerprint density at radius 2 is 1.86 bits per heavy atom. The lowest BCUT2D eigenvalue weighted by Crippen LogP contribution is -2.20. The number of hydrogen-bond donors (Lipinski definition) is 1.